The summed E-state index contributed by atoms with van der Waals surface area (Å²) in [5.74, 6) is 1.31. The largest absolute Gasteiger partial charge is 0.493 e. The van der Waals surface area contributed by atoms with Crippen LogP contribution in [-0.2, 0) is 4.74 Å². The first-order valence-corrected chi connectivity index (χ1v) is 6.03. The molecule has 0 radical (unpaired) electrons. The van der Waals surface area contributed by atoms with Gasteiger partial charge in [-0.3, -0.25) is 0 Å². The average Bonchev–Trinajstić information content (AvgIpc) is 2.91. The number of hydrogen-bond donors (Lipinski definition) is 2. The highest BCUT2D eigenvalue weighted by atomic mass is 16.6. The van der Waals surface area contributed by atoms with E-state index in [0.29, 0.717) is 18.1 Å². The zero-order chi connectivity index (χ0) is 13.0. The van der Waals surface area contributed by atoms with Crippen LogP contribution in [0.1, 0.15) is 18.0 Å². The number of aliphatic hydroxyl groups is 1. The second kappa shape index (κ2) is 6.04. The van der Waals surface area contributed by atoms with Crippen molar-refractivity contribution in [3.05, 3.63) is 23.8 Å². The van der Waals surface area contributed by atoms with Crippen LogP contribution >= 0.6 is 0 Å². The van der Waals surface area contributed by atoms with Gasteiger partial charge in [-0.15, -0.1) is 0 Å². The van der Waals surface area contributed by atoms with E-state index in [0.717, 1.165) is 18.6 Å². The Bertz CT molecular complexity index is 391. The molecule has 1 aliphatic heterocycles. The summed E-state index contributed by atoms with van der Waals surface area (Å²) < 4.78 is 16.4. The predicted molar refractivity (Wildman–Crippen MR) is 66.9 cm³/mol. The van der Waals surface area contributed by atoms with E-state index >= 15 is 0 Å². The van der Waals surface area contributed by atoms with Crippen LogP contribution < -0.4 is 15.2 Å². The topological polar surface area (TPSA) is 73.9 Å². The van der Waals surface area contributed by atoms with Crippen LogP contribution in [0.2, 0.25) is 0 Å². The van der Waals surface area contributed by atoms with Crippen LogP contribution in [0, 0.1) is 0 Å². The van der Waals surface area contributed by atoms with Gasteiger partial charge in [0.2, 0.25) is 0 Å². The van der Waals surface area contributed by atoms with Gasteiger partial charge in [0.1, 0.15) is 6.10 Å². The van der Waals surface area contributed by atoms with Gasteiger partial charge in [0.05, 0.1) is 33.0 Å². The van der Waals surface area contributed by atoms with Crippen LogP contribution in [0.5, 0.6) is 11.5 Å². The molecule has 1 aliphatic rings. The lowest BCUT2D eigenvalue weighted by Crippen LogP contribution is -2.17. The van der Waals surface area contributed by atoms with Crippen molar-refractivity contribution in [2.45, 2.75) is 18.6 Å². The summed E-state index contributed by atoms with van der Waals surface area (Å²) >= 11 is 0. The summed E-state index contributed by atoms with van der Waals surface area (Å²) in [5, 5.41) is 9.04. The van der Waals surface area contributed by atoms with Gasteiger partial charge in [-0.25, -0.2) is 0 Å². The summed E-state index contributed by atoms with van der Waals surface area (Å²) in [4.78, 5) is 0. The van der Waals surface area contributed by atoms with Gasteiger partial charge in [-0.1, -0.05) is 6.07 Å². The van der Waals surface area contributed by atoms with Crippen molar-refractivity contribution in [1.29, 1.82) is 0 Å². The van der Waals surface area contributed by atoms with E-state index in [1.54, 1.807) is 13.2 Å². The molecule has 1 heterocycles. The Morgan fingerprint density at radius 3 is 2.94 bits per heavy atom. The van der Waals surface area contributed by atoms with Gasteiger partial charge in [-0.05, 0) is 17.7 Å². The Labute approximate surface area is 106 Å². The van der Waals surface area contributed by atoms with E-state index in [1.807, 2.05) is 12.1 Å². The standard InChI is InChI=1S/C13H19NO4/c1-16-13-6-9(11(14)7-15)2-3-12(13)18-10-4-5-17-8-10/h2-3,6,10-11,15H,4-5,7-8,14H2,1H3. The van der Waals surface area contributed by atoms with E-state index in [4.69, 9.17) is 25.1 Å². The first kappa shape index (κ1) is 13.1. The maximum atomic E-state index is 9.04. The number of ether oxygens (including phenoxy) is 3. The number of methoxy groups -OCH3 is 1. The van der Waals surface area contributed by atoms with E-state index in [2.05, 4.69) is 0 Å². The lowest BCUT2D eigenvalue weighted by Gasteiger charge is -2.17. The lowest BCUT2D eigenvalue weighted by molar-refractivity contribution is 0.138. The van der Waals surface area contributed by atoms with E-state index in [-0.39, 0.29) is 12.7 Å². The normalized spacial score (nSPS) is 20.7. The summed E-state index contributed by atoms with van der Waals surface area (Å²) in [7, 11) is 1.58. The third-order valence-corrected chi connectivity index (χ3v) is 2.99. The smallest absolute Gasteiger partial charge is 0.161 e. The molecule has 0 aliphatic carbocycles. The molecule has 0 aromatic heterocycles. The number of nitrogens with two attached hydrogens (primary N) is 1. The minimum Gasteiger partial charge on any atom is -0.493 e. The van der Waals surface area contributed by atoms with Gasteiger partial charge < -0.3 is 25.1 Å². The minimum absolute atomic E-state index is 0.0799. The highest BCUT2D eigenvalue weighted by Gasteiger charge is 2.19. The molecular weight excluding hydrogens is 234 g/mol. The minimum atomic E-state index is -0.400. The van der Waals surface area contributed by atoms with Crippen molar-refractivity contribution in [1.82, 2.24) is 0 Å². The molecule has 2 unspecified atom stereocenters. The fraction of sp³-hybridized carbons (Fsp3) is 0.538. The van der Waals surface area contributed by atoms with Crippen molar-refractivity contribution in [3.8, 4) is 11.5 Å². The Morgan fingerprint density at radius 2 is 2.33 bits per heavy atom. The van der Waals surface area contributed by atoms with Crippen LogP contribution in [0.4, 0.5) is 0 Å². The van der Waals surface area contributed by atoms with Crippen LogP contribution in [0.25, 0.3) is 0 Å². The number of rotatable bonds is 5. The molecule has 1 fully saturated rings. The van der Waals surface area contributed by atoms with Gasteiger partial charge in [0.25, 0.3) is 0 Å². The molecule has 1 aromatic carbocycles. The SMILES string of the molecule is COc1cc(C(N)CO)ccc1OC1CCOC1. The van der Waals surface area contributed by atoms with E-state index in [1.165, 1.54) is 0 Å². The summed E-state index contributed by atoms with van der Waals surface area (Å²) in [6.45, 7) is 1.25. The van der Waals surface area contributed by atoms with Crippen LogP contribution in [0.15, 0.2) is 18.2 Å². The lowest BCUT2D eigenvalue weighted by atomic mass is 10.1. The first-order chi connectivity index (χ1) is 8.74. The van der Waals surface area contributed by atoms with Crippen molar-refractivity contribution in [2.24, 2.45) is 5.73 Å². The maximum Gasteiger partial charge on any atom is 0.161 e. The second-order valence-electron chi connectivity index (χ2n) is 4.30. The maximum absolute atomic E-state index is 9.04. The molecule has 2 rings (SSSR count). The Kier molecular flexibility index (Phi) is 4.41. The molecule has 100 valence electrons. The number of hydrogen-bond acceptors (Lipinski definition) is 5. The second-order valence-corrected chi connectivity index (χ2v) is 4.30. The van der Waals surface area contributed by atoms with Crippen molar-refractivity contribution < 1.29 is 19.3 Å². The van der Waals surface area contributed by atoms with Gasteiger partial charge in [0.15, 0.2) is 11.5 Å². The molecule has 0 amide bonds. The monoisotopic (exact) mass is 253 g/mol. The fourth-order valence-electron chi connectivity index (χ4n) is 1.90. The van der Waals surface area contributed by atoms with Gasteiger partial charge in [0, 0.05) is 6.42 Å². The van der Waals surface area contributed by atoms with E-state index < -0.39 is 6.04 Å². The molecule has 5 nitrogen and oxygen atoms in total. The molecule has 0 spiro atoms. The third-order valence-electron chi connectivity index (χ3n) is 2.99. The summed E-state index contributed by atoms with van der Waals surface area (Å²) in [6.07, 6.45) is 0.970. The van der Waals surface area contributed by atoms with Crippen LogP contribution in [0.3, 0.4) is 0 Å². The van der Waals surface area contributed by atoms with Gasteiger partial charge in [-0.2, -0.15) is 0 Å². The molecule has 2 atom stereocenters. The van der Waals surface area contributed by atoms with Crippen LogP contribution in [-0.4, -0.2) is 38.1 Å². The van der Waals surface area contributed by atoms with Crippen molar-refractivity contribution >= 4 is 0 Å². The number of aliphatic hydroxyl groups excluding tert-OH is 1. The summed E-state index contributed by atoms with van der Waals surface area (Å²) in [5.41, 5.74) is 6.59. The first-order valence-electron chi connectivity index (χ1n) is 6.03. The Morgan fingerprint density at radius 1 is 1.50 bits per heavy atom. The zero-order valence-corrected chi connectivity index (χ0v) is 10.5. The molecule has 1 saturated heterocycles. The van der Waals surface area contributed by atoms with Crippen molar-refractivity contribution in [2.75, 3.05) is 26.9 Å². The average molecular weight is 253 g/mol. The number of benzene rings is 1. The molecule has 3 N–H and O–H groups in total. The fourth-order valence-corrected chi connectivity index (χ4v) is 1.90. The zero-order valence-electron chi connectivity index (χ0n) is 10.5. The van der Waals surface area contributed by atoms with Crippen molar-refractivity contribution in [3.63, 3.8) is 0 Å². The van der Waals surface area contributed by atoms with Gasteiger partial charge >= 0.3 is 0 Å². The quantitative estimate of drug-likeness (QED) is 0.814. The Balaban J connectivity index is 2.14. The molecule has 0 bridgehead atoms. The third kappa shape index (κ3) is 2.93. The molecule has 5 heteroatoms. The van der Waals surface area contributed by atoms with E-state index in [9.17, 15) is 0 Å². The molecule has 0 saturated carbocycles. The summed E-state index contributed by atoms with van der Waals surface area (Å²) in [6, 6.07) is 5.06. The highest BCUT2D eigenvalue weighted by Crippen LogP contribution is 2.31. The predicted octanol–water partition coefficient (Wildman–Crippen LogP) is 0.855. The Hall–Kier alpha value is -1.30. The highest BCUT2D eigenvalue weighted by molar-refractivity contribution is 5.44. The molecular formula is C13H19NO4. The molecule has 18 heavy (non-hydrogen) atoms. The molecule has 1 aromatic rings.